The molecule has 0 atom stereocenters. The van der Waals surface area contributed by atoms with Crippen molar-refractivity contribution in [2.45, 2.75) is 13.8 Å². The normalized spacial score (nSPS) is 10.3. The van der Waals surface area contributed by atoms with Crippen LogP contribution >= 0.6 is 0 Å². The van der Waals surface area contributed by atoms with Gasteiger partial charge in [-0.15, -0.1) is 0 Å². The molecule has 1 aromatic heterocycles. The maximum absolute atomic E-state index is 12.3. The van der Waals surface area contributed by atoms with E-state index in [-0.39, 0.29) is 11.6 Å². The summed E-state index contributed by atoms with van der Waals surface area (Å²) in [5, 5.41) is 16.5. The highest BCUT2D eigenvalue weighted by atomic mass is 16.6. The van der Waals surface area contributed by atoms with Gasteiger partial charge in [-0.3, -0.25) is 14.9 Å². The largest absolute Gasteiger partial charge is 0.324 e. The van der Waals surface area contributed by atoms with Gasteiger partial charge in [-0.05, 0) is 56.3 Å². The van der Waals surface area contributed by atoms with Crippen LogP contribution in [0.2, 0.25) is 0 Å². The fourth-order valence-corrected chi connectivity index (χ4v) is 2.49. The molecule has 3 aromatic rings. The van der Waals surface area contributed by atoms with Crippen LogP contribution in [0.5, 0.6) is 0 Å². The van der Waals surface area contributed by atoms with Gasteiger partial charge >= 0.3 is 0 Å². The van der Waals surface area contributed by atoms with Crippen molar-refractivity contribution in [3.8, 4) is 0 Å². The van der Waals surface area contributed by atoms with E-state index in [1.807, 2.05) is 19.9 Å². The summed E-state index contributed by atoms with van der Waals surface area (Å²) >= 11 is 0. The molecule has 0 unspecified atom stereocenters. The zero-order valence-electron chi connectivity index (χ0n) is 14.8. The van der Waals surface area contributed by atoms with Gasteiger partial charge in [-0.1, -0.05) is 0 Å². The molecule has 136 valence electrons. The number of anilines is 3. The second kappa shape index (κ2) is 7.61. The predicted molar refractivity (Wildman–Crippen MR) is 102 cm³/mol. The van der Waals surface area contributed by atoms with Crippen LogP contribution in [-0.2, 0) is 0 Å². The third-order valence-corrected chi connectivity index (χ3v) is 3.72. The van der Waals surface area contributed by atoms with Crippen LogP contribution in [0.1, 0.15) is 21.7 Å². The standard InChI is InChI=1S/C19H17N5O3/c1-12-11-13(2)21-19(20-12)23-16-5-3-14(4-6-16)18(25)22-15-7-9-17(10-8-15)24(26)27/h3-11H,1-2H3,(H,22,25)(H,20,21,23). The summed E-state index contributed by atoms with van der Waals surface area (Å²) in [6.07, 6.45) is 0. The molecule has 0 radical (unpaired) electrons. The Balaban J connectivity index is 1.67. The highest BCUT2D eigenvalue weighted by Crippen LogP contribution is 2.18. The van der Waals surface area contributed by atoms with E-state index >= 15 is 0 Å². The molecule has 8 nitrogen and oxygen atoms in total. The highest BCUT2D eigenvalue weighted by molar-refractivity contribution is 6.04. The van der Waals surface area contributed by atoms with Crippen molar-refractivity contribution in [2.75, 3.05) is 10.6 Å². The molecule has 0 aliphatic heterocycles. The number of nitrogens with zero attached hydrogens (tertiary/aromatic N) is 3. The van der Waals surface area contributed by atoms with E-state index in [0.29, 0.717) is 17.2 Å². The van der Waals surface area contributed by atoms with Crippen LogP contribution in [-0.4, -0.2) is 20.8 Å². The van der Waals surface area contributed by atoms with Gasteiger partial charge in [-0.2, -0.15) is 0 Å². The molecule has 27 heavy (non-hydrogen) atoms. The van der Waals surface area contributed by atoms with Gasteiger partial charge in [0.15, 0.2) is 0 Å². The number of aryl methyl sites for hydroxylation is 2. The number of aromatic nitrogens is 2. The summed E-state index contributed by atoms with van der Waals surface area (Å²) in [7, 11) is 0. The van der Waals surface area contributed by atoms with E-state index < -0.39 is 4.92 Å². The predicted octanol–water partition coefficient (Wildman–Crippen LogP) is 4.00. The second-order valence-electron chi connectivity index (χ2n) is 5.93. The van der Waals surface area contributed by atoms with Crippen LogP contribution in [0.15, 0.2) is 54.6 Å². The Morgan fingerprint density at radius 2 is 1.48 bits per heavy atom. The summed E-state index contributed by atoms with van der Waals surface area (Å²) in [5.74, 6) is 0.189. The van der Waals surface area contributed by atoms with E-state index in [4.69, 9.17) is 0 Å². The third-order valence-electron chi connectivity index (χ3n) is 3.72. The van der Waals surface area contributed by atoms with Gasteiger partial charge in [0.25, 0.3) is 11.6 Å². The van der Waals surface area contributed by atoms with Gasteiger partial charge in [-0.25, -0.2) is 9.97 Å². The Hall–Kier alpha value is -3.81. The minimum Gasteiger partial charge on any atom is -0.324 e. The number of amides is 1. The lowest BCUT2D eigenvalue weighted by Gasteiger charge is -2.08. The van der Waals surface area contributed by atoms with Gasteiger partial charge in [0.2, 0.25) is 5.95 Å². The number of rotatable bonds is 5. The van der Waals surface area contributed by atoms with Crippen molar-refractivity contribution in [2.24, 2.45) is 0 Å². The number of carbonyl (C=O) groups is 1. The maximum atomic E-state index is 12.3. The lowest BCUT2D eigenvalue weighted by atomic mass is 10.2. The van der Waals surface area contributed by atoms with E-state index in [0.717, 1.165) is 17.1 Å². The summed E-state index contributed by atoms with van der Waals surface area (Å²) in [5.41, 5.74) is 3.40. The van der Waals surface area contributed by atoms with Crippen molar-refractivity contribution in [3.63, 3.8) is 0 Å². The number of carbonyl (C=O) groups excluding carboxylic acids is 1. The maximum Gasteiger partial charge on any atom is 0.269 e. The molecule has 1 heterocycles. The SMILES string of the molecule is Cc1cc(C)nc(Nc2ccc(C(=O)Nc3ccc([N+](=O)[O-])cc3)cc2)n1. The van der Waals surface area contributed by atoms with Crippen LogP contribution in [0.3, 0.4) is 0 Å². The van der Waals surface area contributed by atoms with Crippen LogP contribution in [0.4, 0.5) is 23.0 Å². The number of nitrogens with one attached hydrogen (secondary N) is 2. The zero-order valence-corrected chi connectivity index (χ0v) is 14.8. The van der Waals surface area contributed by atoms with Crippen LogP contribution in [0, 0.1) is 24.0 Å². The first-order chi connectivity index (χ1) is 12.9. The number of benzene rings is 2. The molecule has 0 aliphatic carbocycles. The molecule has 0 aliphatic rings. The van der Waals surface area contributed by atoms with Crippen LogP contribution in [0.25, 0.3) is 0 Å². The molecule has 3 rings (SSSR count). The number of hydrogen-bond donors (Lipinski definition) is 2. The molecule has 0 spiro atoms. The topological polar surface area (TPSA) is 110 Å². The number of hydrogen-bond acceptors (Lipinski definition) is 6. The summed E-state index contributed by atoms with van der Waals surface area (Å²) < 4.78 is 0. The van der Waals surface area contributed by atoms with Crippen molar-refractivity contribution in [1.82, 2.24) is 9.97 Å². The Labute approximate surface area is 155 Å². The lowest BCUT2D eigenvalue weighted by molar-refractivity contribution is -0.384. The van der Waals surface area contributed by atoms with E-state index in [9.17, 15) is 14.9 Å². The van der Waals surface area contributed by atoms with Crippen LogP contribution < -0.4 is 10.6 Å². The molecule has 2 N–H and O–H groups in total. The first-order valence-electron chi connectivity index (χ1n) is 8.16. The van der Waals surface area contributed by atoms with Crippen molar-refractivity contribution < 1.29 is 9.72 Å². The first-order valence-corrected chi connectivity index (χ1v) is 8.16. The lowest BCUT2D eigenvalue weighted by Crippen LogP contribution is -2.11. The average Bonchev–Trinajstić information content (AvgIpc) is 2.62. The third kappa shape index (κ3) is 4.63. The van der Waals surface area contributed by atoms with Crippen molar-refractivity contribution >= 4 is 28.9 Å². The van der Waals surface area contributed by atoms with Gasteiger partial charge in [0.05, 0.1) is 4.92 Å². The molecular weight excluding hydrogens is 346 g/mol. The molecule has 0 bridgehead atoms. The Bertz CT molecular complexity index is 965. The molecule has 1 amide bonds. The Morgan fingerprint density at radius 3 is 2.04 bits per heavy atom. The molecule has 0 saturated heterocycles. The summed E-state index contributed by atoms with van der Waals surface area (Å²) in [4.78, 5) is 31.1. The number of nitro benzene ring substituents is 1. The van der Waals surface area contributed by atoms with Crippen molar-refractivity contribution in [1.29, 1.82) is 0 Å². The zero-order chi connectivity index (χ0) is 19.4. The molecular formula is C19H17N5O3. The smallest absolute Gasteiger partial charge is 0.269 e. The summed E-state index contributed by atoms with van der Waals surface area (Å²) in [6, 6.07) is 14.4. The minimum absolute atomic E-state index is 0.0305. The molecule has 8 heteroatoms. The number of non-ortho nitro benzene ring substituents is 1. The second-order valence-corrected chi connectivity index (χ2v) is 5.93. The average molecular weight is 363 g/mol. The van der Waals surface area contributed by atoms with Gasteiger partial charge in [0.1, 0.15) is 0 Å². The van der Waals surface area contributed by atoms with E-state index in [1.54, 1.807) is 24.3 Å². The fourth-order valence-electron chi connectivity index (χ4n) is 2.49. The number of nitro groups is 1. The van der Waals surface area contributed by atoms with Gasteiger partial charge < -0.3 is 10.6 Å². The van der Waals surface area contributed by atoms with E-state index in [2.05, 4.69) is 20.6 Å². The first kappa shape index (κ1) is 18.0. The van der Waals surface area contributed by atoms with Crippen molar-refractivity contribution in [3.05, 3.63) is 81.7 Å². The molecule has 0 saturated carbocycles. The van der Waals surface area contributed by atoms with E-state index in [1.165, 1.54) is 24.3 Å². The Kier molecular flexibility index (Phi) is 5.07. The monoisotopic (exact) mass is 363 g/mol. The quantitative estimate of drug-likeness (QED) is 0.524. The van der Waals surface area contributed by atoms with Gasteiger partial charge in [0, 0.05) is 40.5 Å². The Morgan fingerprint density at radius 1 is 0.926 bits per heavy atom. The molecule has 0 fully saturated rings. The minimum atomic E-state index is -0.489. The fraction of sp³-hybridized carbons (Fsp3) is 0.105. The summed E-state index contributed by atoms with van der Waals surface area (Å²) in [6.45, 7) is 3.79. The highest BCUT2D eigenvalue weighted by Gasteiger charge is 2.09. The molecule has 2 aromatic carbocycles.